The fraction of sp³-hybridized carbons (Fsp3) is 0.667. The molecule has 0 unspecified atom stereocenters. The van der Waals surface area contributed by atoms with Gasteiger partial charge < -0.3 is 15.0 Å². The second kappa shape index (κ2) is 7.76. The van der Waals surface area contributed by atoms with E-state index in [1.165, 1.54) is 26.4 Å². The van der Waals surface area contributed by atoms with Gasteiger partial charge in [-0.15, -0.1) is 0 Å². The van der Waals surface area contributed by atoms with Crippen LogP contribution in [-0.4, -0.2) is 62.1 Å². The van der Waals surface area contributed by atoms with Crippen LogP contribution >= 0.6 is 0 Å². The van der Waals surface area contributed by atoms with Gasteiger partial charge in [0.25, 0.3) is 0 Å². The maximum atomic E-state index is 13.9. The Labute approximate surface area is 160 Å². The Hall–Kier alpha value is -1.66. The first-order valence-corrected chi connectivity index (χ1v) is 10.2. The molecular weight excluding hydrogens is 345 g/mol. The Bertz CT molecular complexity index is 690. The van der Waals surface area contributed by atoms with Gasteiger partial charge in [0.15, 0.2) is 11.6 Å². The van der Waals surface area contributed by atoms with E-state index in [-0.39, 0.29) is 17.0 Å². The smallest absolute Gasteiger partial charge is 0.230 e. The van der Waals surface area contributed by atoms with Crippen molar-refractivity contribution in [3.8, 4) is 5.75 Å². The van der Waals surface area contributed by atoms with Crippen molar-refractivity contribution in [2.75, 3.05) is 46.4 Å². The average Bonchev–Trinajstić information content (AvgIpc) is 3.13. The van der Waals surface area contributed by atoms with E-state index in [4.69, 9.17) is 4.74 Å². The summed E-state index contributed by atoms with van der Waals surface area (Å²) >= 11 is 0. The predicted octanol–water partition coefficient (Wildman–Crippen LogP) is 2.26. The van der Waals surface area contributed by atoms with Crippen LogP contribution in [0.4, 0.5) is 4.39 Å². The number of amides is 1. The number of piperazine rings is 1. The number of rotatable bonds is 4. The van der Waals surface area contributed by atoms with Crippen LogP contribution in [-0.2, 0) is 11.3 Å². The monoisotopic (exact) mass is 375 g/mol. The molecule has 3 aliphatic rings. The van der Waals surface area contributed by atoms with Crippen LogP contribution in [0.25, 0.3) is 0 Å². The van der Waals surface area contributed by atoms with Crippen molar-refractivity contribution >= 4 is 5.91 Å². The number of halogens is 1. The fourth-order valence-electron chi connectivity index (χ4n) is 5.16. The first-order valence-electron chi connectivity index (χ1n) is 10.2. The third-order valence-electron chi connectivity index (χ3n) is 6.75. The Kier molecular flexibility index (Phi) is 5.37. The molecule has 1 saturated carbocycles. The third-order valence-corrected chi connectivity index (χ3v) is 6.75. The number of methoxy groups -OCH3 is 1. The molecule has 2 atom stereocenters. The first kappa shape index (κ1) is 18.7. The van der Waals surface area contributed by atoms with Crippen molar-refractivity contribution in [2.24, 2.45) is 11.3 Å². The lowest BCUT2D eigenvalue weighted by molar-refractivity contribution is -0.147. The molecule has 1 amide bonds. The molecule has 5 nitrogen and oxygen atoms in total. The summed E-state index contributed by atoms with van der Waals surface area (Å²) in [5.41, 5.74) is 0.790. The van der Waals surface area contributed by atoms with E-state index in [2.05, 4.69) is 15.1 Å². The number of ether oxygens (including phenoxy) is 1. The Morgan fingerprint density at radius 1 is 1.30 bits per heavy atom. The largest absolute Gasteiger partial charge is 0.494 e. The highest BCUT2D eigenvalue weighted by Gasteiger charge is 2.51. The molecule has 3 fully saturated rings. The highest BCUT2D eigenvalue weighted by Crippen LogP contribution is 2.45. The number of carbonyl (C=O) groups excluding carboxylic acids is 1. The van der Waals surface area contributed by atoms with Crippen molar-refractivity contribution in [1.82, 2.24) is 15.1 Å². The zero-order valence-electron chi connectivity index (χ0n) is 16.2. The molecule has 27 heavy (non-hydrogen) atoms. The quantitative estimate of drug-likeness (QED) is 0.877. The molecule has 148 valence electrons. The molecule has 2 heterocycles. The maximum absolute atomic E-state index is 13.9. The maximum Gasteiger partial charge on any atom is 0.230 e. The minimum absolute atomic E-state index is 0.153. The van der Waals surface area contributed by atoms with Crippen molar-refractivity contribution < 1.29 is 13.9 Å². The minimum Gasteiger partial charge on any atom is -0.494 e. The van der Waals surface area contributed by atoms with Crippen LogP contribution in [0.2, 0.25) is 0 Å². The average molecular weight is 375 g/mol. The zero-order chi connectivity index (χ0) is 18.9. The summed E-state index contributed by atoms with van der Waals surface area (Å²) in [5.74, 6) is 0.840. The van der Waals surface area contributed by atoms with Gasteiger partial charge in [-0.2, -0.15) is 0 Å². The summed E-state index contributed by atoms with van der Waals surface area (Å²) in [6.07, 6.45) is 4.65. The molecule has 2 saturated heterocycles. The lowest BCUT2D eigenvalue weighted by atomic mass is 9.67. The number of carbonyl (C=O) groups is 1. The SMILES string of the molecule is COc1ccc(CN2CCN(C(=O)[C@@]34CCCC[C@H]3CNC4)CC2)cc1F. The molecule has 2 aliphatic heterocycles. The molecule has 0 bridgehead atoms. The normalized spacial score (nSPS) is 28.8. The first-order chi connectivity index (χ1) is 13.1. The molecule has 0 spiro atoms. The van der Waals surface area contributed by atoms with E-state index in [1.54, 1.807) is 12.1 Å². The Morgan fingerprint density at radius 2 is 2.11 bits per heavy atom. The summed E-state index contributed by atoms with van der Waals surface area (Å²) in [5, 5.41) is 3.48. The molecule has 0 aromatic heterocycles. The molecule has 6 heteroatoms. The summed E-state index contributed by atoms with van der Waals surface area (Å²) in [7, 11) is 1.48. The molecule has 4 rings (SSSR count). The third kappa shape index (κ3) is 3.57. The number of hydrogen-bond acceptors (Lipinski definition) is 4. The molecular formula is C21H30FN3O2. The molecule has 1 aliphatic carbocycles. The molecule has 1 aromatic carbocycles. The summed E-state index contributed by atoms with van der Waals surface area (Å²) in [4.78, 5) is 17.7. The second-order valence-corrected chi connectivity index (χ2v) is 8.27. The standard InChI is InChI=1S/C21H30FN3O2/c1-27-19-6-5-16(12-18(19)22)14-24-8-10-25(11-9-24)20(26)21-7-3-2-4-17(21)13-23-15-21/h5-6,12,17,23H,2-4,7-11,13-15H2,1H3/t17-,21+/m0/s1. The van der Waals surface area contributed by atoms with Crippen LogP contribution in [0.1, 0.15) is 31.2 Å². The van der Waals surface area contributed by atoms with Crippen LogP contribution in [0.5, 0.6) is 5.75 Å². The van der Waals surface area contributed by atoms with E-state index in [0.717, 1.165) is 51.3 Å². The van der Waals surface area contributed by atoms with E-state index in [0.29, 0.717) is 18.4 Å². The van der Waals surface area contributed by atoms with E-state index >= 15 is 0 Å². The van der Waals surface area contributed by atoms with Gasteiger partial charge in [-0.05, 0) is 43.0 Å². The number of benzene rings is 1. The highest BCUT2D eigenvalue weighted by molar-refractivity contribution is 5.84. The number of hydrogen-bond donors (Lipinski definition) is 1. The van der Waals surface area contributed by atoms with E-state index < -0.39 is 0 Å². The molecule has 1 N–H and O–H groups in total. The van der Waals surface area contributed by atoms with Crippen molar-refractivity contribution in [3.05, 3.63) is 29.6 Å². The molecule has 0 radical (unpaired) electrons. The summed E-state index contributed by atoms with van der Waals surface area (Å²) in [6, 6.07) is 5.14. The van der Waals surface area contributed by atoms with Crippen LogP contribution in [0.3, 0.4) is 0 Å². The van der Waals surface area contributed by atoms with Crippen LogP contribution in [0.15, 0.2) is 18.2 Å². The zero-order valence-corrected chi connectivity index (χ0v) is 16.2. The predicted molar refractivity (Wildman–Crippen MR) is 102 cm³/mol. The second-order valence-electron chi connectivity index (χ2n) is 8.27. The van der Waals surface area contributed by atoms with Gasteiger partial charge in [0, 0.05) is 39.3 Å². The Balaban J connectivity index is 1.35. The van der Waals surface area contributed by atoms with E-state index in [9.17, 15) is 9.18 Å². The van der Waals surface area contributed by atoms with Gasteiger partial charge in [0.05, 0.1) is 12.5 Å². The Morgan fingerprint density at radius 3 is 2.85 bits per heavy atom. The van der Waals surface area contributed by atoms with Gasteiger partial charge in [-0.3, -0.25) is 9.69 Å². The lowest BCUT2D eigenvalue weighted by Crippen LogP contribution is -2.55. The van der Waals surface area contributed by atoms with Gasteiger partial charge in [0.1, 0.15) is 0 Å². The van der Waals surface area contributed by atoms with Crippen molar-refractivity contribution in [1.29, 1.82) is 0 Å². The van der Waals surface area contributed by atoms with E-state index in [1.807, 2.05) is 6.07 Å². The number of fused-ring (bicyclic) bond motifs is 1. The van der Waals surface area contributed by atoms with Crippen molar-refractivity contribution in [2.45, 2.75) is 32.2 Å². The van der Waals surface area contributed by atoms with Gasteiger partial charge >= 0.3 is 0 Å². The number of nitrogens with one attached hydrogen (secondary N) is 1. The van der Waals surface area contributed by atoms with Gasteiger partial charge in [-0.25, -0.2) is 4.39 Å². The van der Waals surface area contributed by atoms with Crippen LogP contribution in [0, 0.1) is 17.2 Å². The topological polar surface area (TPSA) is 44.8 Å². The highest BCUT2D eigenvalue weighted by atomic mass is 19.1. The minimum atomic E-state index is -0.319. The van der Waals surface area contributed by atoms with Crippen LogP contribution < -0.4 is 10.1 Å². The lowest BCUT2D eigenvalue weighted by Gasteiger charge is -2.43. The van der Waals surface area contributed by atoms with Gasteiger partial charge in [-0.1, -0.05) is 18.9 Å². The molecule has 1 aromatic rings. The summed E-state index contributed by atoms with van der Waals surface area (Å²) < 4.78 is 18.9. The fourth-order valence-corrected chi connectivity index (χ4v) is 5.16. The van der Waals surface area contributed by atoms with Gasteiger partial charge in [0.2, 0.25) is 5.91 Å². The summed E-state index contributed by atoms with van der Waals surface area (Å²) in [6.45, 7) is 5.77. The number of nitrogens with zero attached hydrogens (tertiary/aromatic N) is 2. The van der Waals surface area contributed by atoms with Crippen molar-refractivity contribution in [3.63, 3.8) is 0 Å².